The van der Waals surface area contributed by atoms with Crippen LogP contribution in [-0.4, -0.2) is 23.3 Å². The normalized spacial score (nSPS) is 17.2. The highest BCUT2D eigenvalue weighted by Gasteiger charge is 2.35. The molecule has 1 aromatic carbocycles. The van der Waals surface area contributed by atoms with Gasteiger partial charge in [0.2, 0.25) is 11.8 Å². The quantitative estimate of drug-likeness (QED) is 0.927. The molecule has 24 heavy (non-hydrogen) atoms. The smallest absolute Gasteiger partial charge is 0.230 e. The van der Waals surface area contributed by atoms with Crippen molar-refractivity contribution < 1.29 is 14.0 Å². The molecule has 1 N–H and O–H groups in total. The first kappa shape index (κ1) is 16.4. The molecule has 124 valence electrons. The fraction of sp³-hybridized carbons (Fsp3) is 0.235. The first-order chi connectivity index (χ1) is 11.4. The van der Waals surface area contributed by atoms with Crippen LogP contribution >= 0.6 is 11.6 Å². The number of rotatable bonds is 3. The van der Waals surface area contributed by atoms with Crippen LogP contribution in [0.3, 0.4) is 0 Å². The third kappa shape index (κ3) is 3.38. The molecule has 1 aromatic heterocycles. The fourth-order valence-electron chi connectivity index (χ4n) is 2.62. The average Bonchev–Trinajstić information content (AvgIpc) is 2.92. The van der Waals surface area contributed by atoms with Crippen molar-refractivity contribution in [3.8, 4) is 0 Å². The van der Waals surface area contributed by atoms with Gasteiger partial charge >= 0.3 is 0 Å². The molecule has 0 saturated carbocycles. The van der Waals surface area contributed by atoms with Crippen LogP contribution in [-0.2, 0) is 9.59 Å². The van der Waals surface area contributed by atoms with Crippen LogP contribution in [0.2, 0.25) is 5.02 Å². The summed E-state index contributed by atoms with van der Waals surface area (Å²) in [7, 11) is 0. The lowest BCUT2D eigenvalue weighted by molar-refractivity contribution is -0.122. The number of aromatic nitrogens is 1. The maximum absolute atomic E-state index is 13.3. The average molecular weight is 348 g/mol. The van der Waals surface area contributed by atoms with E-state index in [-0.39, 0.29) is 29.8 Å². The van der Waals surface area contributed by atoms with Gasteiger partial charge in [0.1, 0.15) is 11.6 Å². The Morgan fingerprint density at radius 2 is 2.17 bits per heavy atom. The fourth-order valence-corrected chi connectivity index (χ4v) is 2.79. The van der Waals surface area contributed by atoms with Crippen LogP contribution in [0.5, 0.6) is 0 Å². The molecule has 1 unspecified atom stereocenters. The second-order valence-corrected chi connectivity index (χ2v) is 6.12. The number of pyridine rings is 1. The Kier molecular flexibility index (Phi) is 4.49. The van der Waals surface area contributed by atoms with Crippen LogP contribution in [0.4, 0.5) is 15.9 Å². The first-order valence-electron chi connectivity index (χ1n) is 7.43. The number of anilines is 2. The predicted molar refractivity (Wildman–Crippen MR) is 89.5 cm³/mol. The third-order valence-electron chi connectivity index (χ3n) is 3.88. The predicted octanol–water partition coefficient (Wildman–Crippen LogP) is 3.17. The van der Waals surface area contributed by atoms with Gasteiger partial charge in [-0.25, -0.2) is 9.37 Å². The van der Waals surface area contributed by atoms with Gasteiger partial charge in [0.25, 0.3) is 0 Å². The van der Waals surface area contributed by atoms with Crippen LogP contribution in [0.25, 0.3) is 0 Å². The minimum atomic E-state index is -0.549. The van der Waals surface area contributed by atoms with E-state index in [0.717, 1.165) is 5.56 Å². The number of carbonyl (C=O) groups excluding carboxylic acids is 2. The summed E-state index contributed by atoms with van der Waals surface area (Å²) in [5.41, 5.74) is 1.46. The number of nitrogens with zero attached hydrogens (tertiary/aromatic N) is 2. The molecule has 0 spiro atoms. The van der Waals surface area contributed by atoms with Gasteiger partial charge in [0.05, 0.1) is 10.9 Å². The SMILES string of the molecule is Cc1ccnc(NC(=O)C2CC(=O)N(c3ccc(F)c(Cl)c3)C2)c1. The molecule has 1 aliphatic heterocycles. The molecule has 2 aromatic rings. The third-order valence-corrected chi connectivity index (χ3v) is 4.17. The summed E-state index contributed by atoms with van der Waals surface area (Å²) in [5, 5.41) is 2.66. The number of amides is 2. The second-order valence-electron chi connectivity index (χ2n) is 5.71. The van der Waals surface area contributed by atoms with Crippen molar-refractivity contribution >= 4 is 34.9 Å². The summed E-state index contributed by atoms with van der Waals surface area (Å²) in [5.74, 6) is -1.06. The Bertz CT molecular complexity index is 812. The van der Waals surface area contributed by atoms with Crippen molar-refractivity contribution in [2.75, 3.05) is 16.8 Å². The van der Waals surface area contributed by atoms with Gasteiger partial charge in [-0.15, -0.1) is 0 Å². The molecule has 3 rings (SSSR count). The van der Waals surface area contributed by atoms with Crippen molar-refractivity contribution in [3.63, 3.8) is 0 Å². The highest BCUT2D eigenvalue weighted by Crippen LogP contribution is 2.29. The minimum Gasteiger partial charge on any atom is -0.312 e. The van der Waals surface area contributed by atoms with Crippen molar-refractivity contribution in [3.05, 3.63) is 52.9 Å². The van der Waals surface area contributed by atoms with Gasteiger partial charge in [0.15, 0.2) is 0 Å². The molecule has 0 bridgehead atoms. The molecule has 2 amide bonds. The van der Waals surface area contributed by atoms with Crippen molar-refractivity contribution in [1.82, 2.24) is 4.98 Å². The lowest BCUT2D eigenvalue weighted by atomic mass is 10.1. The number of halogens is 2. The van der Waals surface area contributed by atoms with Gasteiger partial charge < -0.3 is 10.2 Å². The van der Waals surface area contributed by atoms with E-state index >= 15 is 0 Å². The molecule has 1 saturated heterocycles. The van der Waals surface area contributed by atoms with E-state index in [1.54, 1.807) is 12.3 Å². The lowest BCUT2D eigenvalue weighted by Gasteiger charge is -2.17. The van der Waals surface area contributed by atoms with Crippen LogP contribution in [0.15, 0.2) is 36.5 Å². The van der Waals surface area contributed by atoms with E-state index in [4.69, 9.17) is 11.6 Å². The van der Waals surface area contributed by atoms with Gasteiger partial charge in [-0.1, -0.05) is 11.6 Å². The first-order valence-corrected chi connectivity index (χ1v) is 7.81. The van der Waals surface area contributed by atoms with Crippen molar-refractivity contribution in [1.29, 1.82) is 0 Å². The molecule has 5 nitrogen and oxygen atoms in total. The topological polar surface area (TPSA) is 62.3 Å². The molecule has 0 aliphatic carbocycles. The van der Waals surface area contributed by atoms with E-state index < -0.39 is 11.7 Å². The van der Waals surface area contributed by atoms with Crippen LogP contribution in [0, 0.1) is 18.7 Å². The number of hydrogen-bond donors (Lipinski definition) is 1. The molecule has 1 atom stereocenters. The second kappa shape index (κ2) is 6.57. The van der Waals surface area contributed by atoms with Gasteiger partial charge in [0, 0.05) is 24.8 Å². The van der Waals surface area contributed by atoms with Crippen molar-refractivity contribution in [2.45, 2.75) is 13.3 Å². The number of benzene rings is 1. The van der Waals surface area contributed by atoms with Gasteiger partial charge in [-0.05, 0) is 42.8 Å². The molecular weight excluding hydrogens is 333 g/mol. The van der Waals surface area contributed by atoms with Crippen molar-refractivity contribution in [2.24, 2.45) is 5.92 Å². The van der Waals surface area contributed by atoms with Crippen LogP contribution < -0.4 is 10.2 Å². The Morgan fingerprint density at radius 3 is 2.88 bits per heavy atom. The Labute approximate surface area is 143 Å². The molecular formula is C17H15ClFN3O2. The minimum absolute atomic E-state index is 0.0582. The van der Waals surface area contributed by atoms with E-state index in [2.05, 4.69) is 10.3 Å². The highest BCUT2D eigenvalue weighted by atomic mass is 35.5. The van der Waals surface area contributed by atoms with E-state index in [1.165, 1.54) is 23.1 Å². The molecule has 1 fully saturated rings. The summed E-state index contributed by atoms with van der Waals surface area (Å²) >= 11 is 5.76. The summed E-state index contributed by atoms with van der Waals surface area (Å²) in [4.78, 5) is 30.1. The Morgan fingerprint density at radius 1 is 1.38 bits per heavy atom. The summed E-state index contributed by atoms with van der Waals surface area (Å²) in [6.07, 6.45) is 1.70. The summed E-state index contributed by atoms with van der Waals surface area (Å²) in [6, 6.07) is 7.65. The maximum Gasteiger partial charge on any atom is 0.230 e. The zero-order chi connectivity index (χ0) is 17.3. The summed E-state index contributed by atoms with van der Waals surface area (Å²) < 4.78 is 13.3. The monoisotopic (exact) mass is 347 g/mol. The Balaban J connectivity index is 1.72. The molecule has 1 aliphatic rings. The number of aryl methyl sites for hydroxylation is 1. The summed E-state index contributed by atoms with van der Waals surface area (Å²) in [6.45, 7) is 2.12. The zero-order valence-electron chi connectivity index (χ0n) is 12.9. The highest BCUT2D eigenvalue weighted by molar-refractivity contribution is 6.31. The van der Waals surface area contributed by atoms with Gasteiger partial charge in [-0.3, -0.25) is 9.59 Å². The number of hydrogen-bond acceptors (Lipinski definition) is 3. The van der Waals surface area contributed by atoms with Crippen LogP contribution in [0.1, 0.15) is 12.0 Å². The number of nitrogens with one attached hydrogen (secondary N) is 1. The maximum atomic E-state index is 13.3. The standard InChI is InChI=1S/C17H15ClFN3O2/c1-10-4-5-20-15(6-10)21-17(24)11-7-16(23)22(9-11)12-2-3-14(19)13(18)8-12/h2-6,8,11H,7,9H2,1H3,(H,20,21,24). The van der Waals surface area contributed by atoms with E-state index in [1.807, 2.05) is 13.0 Å². The van der Waals surface area contributed by atoms with E-state index in [9.17, 15) is 14.0 Å². The van der Waals surface area contributed by atoms with E-state index in [0.29, 0.717) is 11.5 Å². The zero-order valence-corrected chi connectivity index (χ0v) is 13.7. The van der Waals surface area contributed by atoms with Gasteiger partial charge in [-0.2, -0.15) is 0 Å². The molecule has 2 heterocycles. The lowest BCUT2D eigenvalue weighted by Crippen LogP contribution is -2.28. The molecule has 7 heteroatoms. The largest absolute Gasteiger partial charge is 0.312 e. The molecule has 0 radical (unpaired) electrons. The Hall–Kier alpha value is -2.47. The number of carbonyl (C=O) groups is 2.